The Kier molecular flexibility index (Phi) is 3.13. The van der Waals surface area contributed by atoms with Crippen LogP contribution >= 0.6 is 0 Å². The fraction of sp³-hybridized carbons (Fsp3) is 0.143. The van der Waals surface area contributed by atoms with Gasteiger partial charge in [-0.2, -0.15) is 0 Å². The van der Waals surface area contributed by atoms with Crippen LogP contribution in [-0.4, -0.2) is 30.5 Å². The number of aromatic nitrogens is 4. The van der Waals surface area contributed by atoms with Crippen LogP contribution in [0.3, 0.4) is 0 Å². The number of aromatic amines is 1. The molecule has 0 spiro atoms. The third kappa shape index (κ3) is 2.20. The minimum absolute atomic E-state index is 0.0854. The van der Waals surface area contributed by atoms with Crippen LogP contribution < -0.4 is 10.9 Å². The number of hydrogen-bond acceptors (Lipinski definition) is 5. The molecular formula is C14H13N5O3. The quantitative estimate of drug-likeness (QED) is 0.653. The maximum absolute atomic E-state index is 11.9. The predicted molar refractivity (Wildman–Crippen MR) is 80.5 cm³/mol. The van der Waals surface area contributed by atoms with Crippen LogP contribution in [0.25, 0.3) is 22.2 Å². The Balaban J connectivity index is 2.22. The van der Waals surface area contributed by atoms with Crippen LogP contribution in [0.2, 0.25) is 0 Å². The molecule has 3 aromatic rings. The van der Waals surface area contributed by atoms with E-state index < -0.39 is 5.56 Å². The number of hydrogen-bond donors (Lipinski definition) is 3. The zero-order valence-electron chi connectivity index (χ0n) is 11.9. The molecule has 0 atom stereocenters. The Hall–Kier alpha value is -3.16. The first-order valence-electron chi connectivity index (χ1n) is 6.47. The Morgan fingerprint density at radius 1 is 1.36 bits per heavy atom. The summed E-state index contributed by atoms with van der Waals surface area (Å²) in [6.45, 7) is 1.40. The summed E-state index contributed by atoms with van der Waals surface area (Å²) in [7, 11) is 1.75. The molecule has 0 bridgehead atoms. The van der Waals surface area contributed by atoms with Crippen molar-refractivity contribution in [3.8, 4) is 17.1 Å². The van der Waals surface area contributed by atoms with E-state index in [1.807, 2.05) is 0 Å². The van der Waals surface area contributed by atoms with Crippen molar-refractivity contribution in [2.75, 3.05) is 5.32 Å². The molecule has 3 rings (SSSR count). The second-order valence-electron chi connectivity index (χ2n) is 4.83. The molecule has 8 nitrogen and oxygen atoms in total. The lowest BCUT2D eigenvalue weighted by Gasteiger charge is -2.04. The highest BCUT2D eigenvalue weighted by molar-refractivity contribution is 5.93. The SMILES string of the molecule is CC(=O)Nc1cc2cc(-c3c(O)nc[nH]c3=O)n(C)c2cn1. The van der Waals surface area contributed by atoms with E-state index in [0.29, 0.717) is 11.5 Å². The van der Waals surface area contributed by atoms with Crippen molar-refractivity contribution in [3.63, 3.8) is 0 Å². The summed E-state index contributed by atoms with van der Waals surface area (Å²) >= 11 is 0. The largest absolute Gasteiger partial charge is 0.493 e. The van der Waals surface area contributed by atoms with Gasteiger partial charge in [0.15, 0.2) is 0 Å². The van der Waals surface area contributed by atoms with Gasteiger partial charge in [0, 0.05) is 19.4 Å². The highest BCUT2D eigenvalue weighted by Crippen LogP contribution is 2.29. The minimum Gasteiger partial charge on any atom is -0.493 e. The van der Waals surface area contributed by atoms with Gasteiger partial charge in [-0.15, -0.1) is 0 Å². The first-order chi connectivity index (χ1) is 10.5. The molecule has 0 radical (unpaired) electrons. The lowest BCUT2D eigenvalue weighted by molar-refractivity contribution is -0.114. The molecule has 3 N–H and O–H groups in total. The molecule has 0 saturated carbocycles. The fourth-order valence-electron chi connectivity index (χ4n) is 2.34. The number of carbonyl (C=O) groups is 1. The van der Waals surface area contributed by atoms with Gasteiger partial charge in [-0.3, -0.25) is 9.59 Å². The smallest absolute Gasteiger partial charge is 0.263 e. The number of pyridine rings is 1. The van der Waals surface area contributed by atoms with Crippen molar-refractivity contribution < 1.29 is 9.90 Å². The van der Waals surface area contributed by atoms with Gasteiger partial charge >= 0.3 is 0 Å². The standard InChI is InChI=1S/C14H13N5O3/c1-7(20)18-11-4-8-3-9(19(2)10(8)5-15-11)12-13(21)16-6-17-14(12)22/h3-6H,1-2H3,(H,15,18,20)(H2,16,17,21,22). The summed E-state index contributed by atoms with van der Waals surface area (Å²) < 4.78 is 1.73. The number of amides is 1. The van der Waals surface area contributed by atoms with Crippen LogP contribution in [0.4, 0.5) is 5.82 Å². The summed E-state index contributed by atoms with van der Waals surface area (Å²) in [5.41, 5.74) is 0.908. The number of aryl methyl sites for hydroxylation is 1. The van der Waals surface area contributed by atoms with Crippen molar-refractivity contribution >= 4 is 22.6 Å². The Labute approximate surface area is 124 Å². The zero-order valence-corrected chi connectivity index (χ0v) is 11.9. The van der Waals surface area contributed by atoms with Gasteiger partial charge in [-0.05, 0) is 12.1 Å². The molecule has 0 aliphatic heterocycles. The van der Waals surface area contributed by atoms with Gasteiger partial charge in [-0.1, -0.05) is 0 Å². The maximum Gasteiger partial charge on any atom is 0.263 e. The molecule has 8 heteroatoms. The number of fused-ring (bicyclic) bond motifs is 1. The summed E-state index contributed by atoms with van der Waals surface area (Å²) in [5.74, 6) is -0.143. The second-order valence-corrected chi connectivity index (χ2v) is 4.83. The number of rotatable bonds is 2. The first kappa shape index (κ1) is 13.8. The van der Waals surface area contributed by atoms with Gasteiger partial charge in [0.25, 0.3) is 5.56 Å². The predicted octanol–water partition coefficient (Wildman–Crippen LogP) is 0.988. The Morgan fingerprint density at radius 2 is 2.14 bits per heavy atom. The number of carbonyl (C=O) groups excluding carboxylic acids is 1. The van der Waals surface area contributed by atoms with Crippen molar-refractivity contribution in [1.82, 2.24) is 19.5 Å². The van der Waals surface area contributed by atoms with Gasteiger partial charge in [0.2, 0.25) is 11.8 Å². The van der Waals surface area contributed by atoms with Crippen molar-refractivity contribution in [2.45, 2.75) is 6.92 Å². The Bertz CT molecular complexity index is 941. The number of anilines is 1. The van der Waals surface area contributed by atoms with Crippen molar-refractivity contribution in [2.24, 2.45) is 7.05 Å². The van der Waals surface area contributed by atoms with E-state index in [-0.39, 0.29) is 17.4 Å². The van der Waals surface area contributed by atoms with Gasteiger partial charge in [-0.25, -0.2) is 9.97 Å². The van der Waals surface area contributed by atoms with Crippen LogP contribution in [-0.2, 0) is 11.8 Å². The average Bonchev–Trinajstić information content (AvgIpc) is 2.75. The van der Waals surface area contributed by atoms with E-state index in [1.54, 1.807) is 29.9 Å². The zero-order chi connectivity index (χ0) is 15.9. The molecule has 0 fully saturated rings. The highest BCUT2D eigenvalue weighted by atomic mass is 16.3. The highest BCUT2D eigenvalue weighted by Gasteiger charge is 2.16. The molecule has 0 aromatic carbocycles. The molecule has 0 aliphatic carbocycles. The minimum atomic E-state index is -0.437. The van der Waals surface area contributed by atoms with Gasteiger partial charge in [0.1, 0.15) is 11.4 Å². The first-order valence-corrected chi connectivity index (χ1v) is 6.47. The number of nitrogens with one attached hydrogen (secondary N) is 2. The van der Waals surface area contributed by atoms with Gasteiger partial charge in [0.05, 0.1) is 23.7 Å². The molecule has 22 heavy (non-hydrogen) atoms. The maximum atomic E-state index is 11.9. The lowest BCUT2D eigenvalue weighted by Crippen LogP contribution is -2.11. The molecule has 0 saturated heterocycles. The molecule has 0 aliphatic rings. The van der Waals surface area contributed by atoms with Crippen LogP contribution in [0.5, 0.6) is 5.88 Å². The summed E-state index contributed by atoms with van der Waals surface area (Å²) in [4.78, 5) is 33.3. The Morgan fingerprint density at radius 3 is 2.82 bits per heavy atom. The topological polar surface area (TPSA) is 113 Å². The van der Waals surface area contributed by atoms with Crippen molar-refractivity contribution in [1.29, 1.82) is 0 Å². The van der Waals surface area contributed by atoms with Crippen LogP contribution in [0.1, 0.15) is 6.92 Å². The van der Waals surface area contributed by atoms with Crippen LogP contribution in [0.15, 0.2) is 29.5 Å². The molecule has 3 heterocycles. The molecule has 0 unspecified atom stereocenters. The molecule has 1 amide bonds. The molecular weight excluding hydrogens is 286 g/mol. The second kappa shape index (κ2) is 4.99. The molecule has 3 aromatic heterocycles. The summed E-state index contributed by atoms with van der Waals surface area (Å²) in [5, 5.41) is 13.2. The monoisotopic (exact) mass is 299 g/mol. The summed E-state index contributed by atoms with van der Waals surface area (Å²) in [6, 6.07) is 3.43. The third-order valence-electron chi connectivity index (χ3n) is 3.32. The van der Waals surface area contributed by atoms with E-state index in [2.05, 4.69) is 20.3 Å². The molecule has 112 valence electrons. The fourth-order valence-corrected chi connectivity index (χ4v) is 2.34. The van der Waals surface area contributed by atoms with E-state index in [1.165, 1.54) is 6.92 Å². The van der Waals surface area contributed by atoms with Crippen LogP contribution in [0, 0.1) is 0 Å². The van der Waals surface area contributed by atoms with Gasteiger partial charge < -0.3 is 20.0 Å². The van der Waals surface area contributed by atoms with Crippen molar-refractivity contribution in [3.05, 3.63) is 35.0 Å². The number of nitrogens with zero attached hydrogens (tertiary/aromatic N) is 3. The summed E-state index contributed by atoms with van der Waals surface area (Å²) in [6.07, 6.45) is 2.73. The van der Waals surface area contributed by atoms with E-state index in [0.717, 1.165) is 17.2 Å². The average molecular weight is 299 g/mol. The number of H-pyrrole nitrogens is 1. The van der Waals surface area contributed by atoms with E-state index in [4.69, 9.17) is 0 Å². The number of aromatic hydroxyl groups is 1. The normalized spacial score (nSPS) is 10.8. The third-order valence-corrected chi connectivity index (χ3v) is 3.32. The lowest BCUT2D eigenvalue weighted by atomic mass is 10.2. The van der Waals surface area contributed by atoms with E-state index in [9.17, 15) is 14.7 Å². The van der Waals surface area contributed by atoms with E-state index >= 15 is 0 Å².